The van der Waals surface area contributed by atoms with Crippen LogP contribution < -0.4 is 5.32 Å². The van der Waals surface area contributed by atoms with E-state index in [4.69, 9.17) is 5.10 Å². The Morgan fingerprint density at radius 1 is 1.32 bits per heavy atom. The third-order valence-electron chi connectivity index (χ3n) is 3.48. The molecule has 0 aliphatic heterocycles. The van der Waals surface area contributed by atoms with E-state index in [1.807, 2.05) is 6.07 Å². The molecule has 1 aliphatic carbocycles. The van der Waals surface area contributed by atoms with Crippen LogP contribution in [0.3, 0.4) is 0 Å². The summed E-state index contributed by atoms with van der Waals surface area (Å²) in [6.07, 6.45) is 4.76. The Labute approximate surface area is 118 Å². The van der Waals surface area contributed by atoms with E-state index in [-0.39, 0.29) is 0 Å². The molecule has 0 radical (unpaired) electrons. The molecule has 19 heavy (non-hydrogen) atoms. The molecule has 100 valence electrons. The van der Waals surface area contributed by atoms with Gasteiger partial charge in [-0.2, -0.15) is 5.10 Å². The maximum Gasteiger partial charge on any atom is 0.104 e. The summed E-state index contributed by atoms with van der Waals surface area (Å²) in [5, 5.41) is 9.54. The Bertz CT molecular complexity index is 558. The fourth-order valence-corrected chi connectivity index (χ4v) is 3.02. The van der Waals surface area contributed by atoms with E-state index < -0.39 is 0 Å². The van der Waals surface area contributed by atoms with Crippen molar-refractivity contribution in [3.63, 3.8) is 0 Å². The Morgan fingerprint density at radius 2 is 2.05 bits per heavy atom. The topological polar surface area (TPSA) is 29.9 Å². The fourth-order valence-electron chi connectivity index (χ4n) is 2.23. The first-order valence-corrected chi connectivity index (χ1v) is 7.93. The molecule has 2 aromatic rings. The molecule has 0 unspecified atom stereocenters. The Morgan fingerprint density at radius 3 is 2.68 bits per heavy atom. The summed E-state index contributed by atoms with van der Waals surface area (Å²) in [6, 6.07) is 11.1. The van der Waals surface area contributed by atoms with E-state index in [0.717, 1.165) is 24.0 Å². The van der Waals surface area contributed by atoms with Gasteiger partial charge in [0.2, 0.25) is 0 Å². The van der Waals surface area contributed by atoms with E-state index in [2.05, 4.69) is 47.4 Å². The van der Waals surface area contributed by atoms with Crippen LogP contribution in [-0.2, 0) is 6.54 Å². The first-order valence-electron chi connectivity index (χ1n) is 6.71. The largest absolute Gasteiger partial charge is 0.310 e. The summed E-state index contributed by atoms with van der Waals surface area (Å²) in [7, 11) is 0. The molecule has 3 nitrogen and oxygen atoms in total. The van der Waals surface area contributed by atoms with E-state index in [0.29, 0.717) is 0 Å². The van der Waals surface area contributed by atoms with Gasteiger partial charge in [0.05, 0.1) is 11.4 Å². The van der Waals surface area contributed by atoms with Gasteiger partial charge in [-0.25, -0.2) is 4.68 Å². The van der Waals surface area contributed by atoms with Gasteiger partial charge in [-0.15, -0.1) is 11.8 Å². The SMILES string of the molecule is CSc1c(CNC2CC2)c(C)nn1-c1ccccc1. The van der Waals surface area contributed by atoms with Crippen molar-refractivity contribution in [2.45, 2.75) is 37.4 Å². The molecule has 3 rings (SSSR count). The standard InChI is InChI=1S/C15H19N3S/c1-11-14(10-16-12-8-9-12)15(19-2)18(17-11)13-6-4-3-5-7-13/h3-7,12,16H,8-10H2,1-2H3. The normalized spacial score (nSPS) is 14.8. The number of para-hydroxylation sites is 1. The molecule has 1 heterocycles. The van der Waals surface area contributed by atoms with Gasteiger partial charge in [0.1, 0.15) is 5.03 Å². The molecular weight excluding hydrogens is 254 g/mol. The molecular formula is C15H19N3S. The van der Waals surface area contributed by atoms with Crippen LogP contribution in [0.25, 0.3) is 5.69 Å². The summed E-state index contributed by atoms with van der Waals surface area (Å²) in [4.78, 5) is 0. The predicted octanol–water partition coefficient (Wildman–Crippen LogP) is 3.15. The molecule has 1 aromatic carbocycles. The van der Waals surface area contributed by atoms with Crippen molar-refractivity contribution in [3.05, 3.63) is 41.6 Å². The maximum atomic E-state index is 4.71. The highest BCUT2D eigenvalue weighted by Gasteiger charge is 2.22. The Balaban J connectivity index is 1.93. The molecule has 1 saturated carbocycles. The zero-order chi connectivity index (χ0) is 13.2. The molecule has 4 heteroatoms. The van der Waals surface area contributed by atoms with Gasteiger partial charge in [-0.1, -0.05) is 18.2 Å². The van der Waals surface area contributed by atoms with Crippen LogP contribution in [0.1, 0.15) is 24.1 Å². The summed E-state index contributed by atoms with van der Waals surface area (Å²) in [5.41, 5.74) is 3.59. The van der Waals surface area contributed by atoms with Crippen LogP contribution >= 0.6 is 11.8 Å². The average Bonchev–Trinajstić information content (AvgIpc) is 3.21. The minimum absolute atomic E-state index is 0.731. The van der Waals surface area contributed by atoms with Gasteiger partial charge in [-0.05, 0) is 38.2 Å². The Hall–Kier alpha value is -1.26. The van der Waals surface area contributed by atoms with Crippen molar-refractivity contribution < 1.29 is 0 Å². The third kappa shape index (κ3) is 2.69. The monoisotopic (exact) mass is 273 g/mol. The van der Waals surface area contributed by atoms with Crippen molar-refractivity contribution >= 4 is 11.8 Å². The number of thioether (sulfide) groups is 1. The Kier molecular flexibility index (Phi) is 3.62. The quantitative estimate of drug-likeness (QED) is 0.849. The first-order chi connectivity index (χ1) is 9.29. The van der Waals surface area contributed by atoms with Crippen LogP contribution in [0, 0.1) is 6.92 Å². The van der Waals surface area contributed by atoms with Gasteiger partial charge >= 0.3 is 0 Å². The summed E-state index contributed by atoms with van der Waals surface area (Å²) in [5.74, 6) is 0. The van der Waals surface area contributed by atoms with Gasteiger partial charge in [0, 0.05) is 18.2 Å². The number of aryl methyl sites for hydroxylation is 1. The van der Waals surface area contributed by atoms with Gasteiger partial charge in [-0.3, -0.25) is 0 Å². The van der Waals surface area contributed by atoms with Crippen LogP contribution in [0.2, 0.25) is 0 Å². The number of hydrogen-bond acceptors (Lipinski definition) is 3. The van der Waals surface area contributed by atoms with Crippen molar-refractivity contribution in [1.82, 2.24) is 15.1 Å². The molecule has 0 spiro atoms. The third-order valence-corrected chi connectivity index (χ3v) is 4.28. The number of hydrogen-bond donors (Lipinski definition) is 1. The lowest BCUT2D eigenvalue weighted by Gasteiger charge is -2.07. The second-order valence-electron chi connectivity index (χ2n) is 4.98. The van der Waals surface area contributed by atoms with Crippen LogP contribution in [0.4, 0.5) is 0 Å². The van der Waals surface area contributed by atoms with E-state index in [1.165, 1.54) is 23.4 Å². The van der Waals surface area contributed by atoms with Gasteiger partial charge in [0.25, 0.3) is 0 Å². The van der Waals surface area contributed by atoms with E-state index in [1.54, 1.807) is 11.8 Å². The molecule has 0 bridgehead atoms. The summed E-state index contributed by atoms with van der Waals surface area (Å²) >= 11 is 1.77. The number of benzene rings is 1. The number of rotatable bonds is 5. The minimum Gasteiger partial charge on any atom is -0.310 e. The molecule has 1 N–H and O–H groups in total. The molecule has 0 atom stereocenters. The first kappa shape index (κ1) is 12.8. The molecule has 1 aliphatic rings. The zero-order valence-electron chi connectivity index (χ0n) is 11.4. The number of nitrogens with zero attached hydrogens (tertiary/aromatic N) is 2. The van der Waals surface area contributed by atoms with Crippen molar-refractivity contribution in [2.75, 3.05) is 6.26 Å². The molecule has 0 amide bonds. The number of aromatic nitrogens is 2. The lowest BCUT2D eigenvalue weighted by atomic mass is 10.2. The van der Waals surface area contributed by atoms with Crippen LogP contribution in [0.5, 0.6) is 0 Å². The van der Waals surface area contributed by atoms with E-state index >= 15 is 0 Å². The highest BCUT2D eigenvalue weighted by Crippen LogP contribution is 2.28. The molecule has 1 fully saturated rings. The van der Waals surface area contributed by atoms with Gasteiger partial charge < -0.3 is 5.32 Å². The highest BCUT2D eigenvalue weighted by molar-refractivity contribution is 7.98. The van der Waals surface area contributed by atoms with Crippen molar-refractivity contribution in [1.29, 1.82) is 0 Å². The van der Waals surface area contributed by atoms with Crippen LogP contribution in [-0.4, -0.2) is 22.1 Å². The fraction of sp³-hybridized carbons (Fsp3) is 0.400. The van der Waals surface area contributed by atoms with Gasteiger partial charge in [0.15, 0.2) is 0 Å². The van der Waals surface area contributed by atoms with Crippen molar-refractivity contribution in [3.8, 4) is 5.69 Å². The lowest BCUT2D eigenvalue weighted by molar-refractivity contribution is 0.674. The minimum atomic E-state index is 0.731. The second-order valence-corrected chi connectivity index (χ2v) is 5.77. The summed E-state index contributed by atoms with van der Waals surface area (Å²) < 4.78 is 2.06. The average molecular weight is 273 g/mol. The highest BCUT2D eigenvalue weighted by atomic mass is 32.2. The molecule has 1 aromatic heterocycles. The van der Waals surface area contributed by atoms with Crippen molar-refractivity contribution in [2.24, 2.45) is 0 Å². The van der Waals surface area contributed by atoms with Crippen LogP contribution in [0.15, 0.2) is 35.4 Å². The molecule has 0 saturated heterocycles. The maximum absolute atomic E-state index is 4.71. The zero-order valence-corrected chi connectivity index (χ0v) is 12.2. The van der Waals surface area contributed by atoms with E-state index in [9.17, 15) is 0 Å². The second kappa shape index (κ2) is 5.39. The summed E-state index contributed by atoms with van der Waals surface area (Å²) in [6.45, 7) is 3.03. The lowest BCUT2D eigenvalue weighted by Crippen LogP contribution is -2.16. The number of nitrogens with one attached hydrogen (secondary N) is 1. The predicted molar refractivity (Wildman–Crippen MR) is 79.9 cm³/mol. The smallest absolute Gasteiger partial charge is 0.104 e.